The van der Waals surface area contributed by atoms with Gasteiger partial charge in [0.25, 0.3) is 0 Å². The van der Waals surface area contributed by atoms with Crippen LogP contribution in [0.2, 0.25) is 0 Å². The van der Waals surface area contributed by atoms with E-state index in [2.05, 4.69) is 6.07 Å². The molecule has 2 rings (SSSR count). The molecule has 0 aromatic heterocycles. The monoisotopic (exact) mass is 284 g/mol. The van der Waals surface area contributed by atoms with Crippen LogP contribution in [0.5, 0.6) is 17.2 Å². The van der Waals surface area contributed by atoms with Crippen molar-refractivity contribution in [3.05, 3.63) is 47.5 Å². The molecule has 0 amide bonds. The number of methoxy groups -OCH3 is 2. The molecule has 0 spiro atoms. The number of nitrogens with two attached hydrogens (primary N) is 1. The largest absolute Gasteiger partial charge is 0.495 e. The smallest absolute Gasteiger partial charge is 0.142 e. The van der Waals surface area contributed by atoms with Gasteiger partial charge in [0.1, 0.15) is 29.9 Å². The Kier molecular flexibility index (Phi) is 4.52. The maximum atomic E-state index is 9.05. The van der Waals surface area contributed by atoms with Gasteiger partial charge in [0.2, 0.25) is 0 Å². The van der Waals surface area contributed by atoms with Crippen molar-refractivity contribution in [3.8, 4) is 23.3 Å². The van der Waals surface area contributed by atoms with Gasteiger partial charge in [-0.2, -0.15) is 5.26 Å². The van der Waals surface area contributed by atoms with Gasteiger partial charge in [-0.1, -0.05) is 6.07 Å². The maximum absolute atomic E-state index is 9.05. The highest BCUT2D eigenvalue weighted by molar-refractivity contribution is 5.56. The second-order valence-electron chi connectivity index (χ2n) is 4.34. The first-order valence-electron chi connectivity index (χ1n) is 6.31. The van der Waals surface area contributed by atoms with Crippen LogP contribution in [0.4, 0.5) is 5.69 Å². The molecule has 0 saturated carbocycles. The topological polar surface area (TPSA) is 77.5 Å². The van der Waals surface area contributed by atoms with Crippen LogP contribution in [-0.2, 0) is 6.61 Å². The lowest BCUT2D eigenvalue weighted by Crippen LogP contribution is -1.99. The second-order valence-corrected chi connectivity index (χ2v) is 4.34. The number of anilines is 1. The van der Waals surface area contributed by atoms with E-state index in [0.29, 0.717) is 35.1 Å². The fourth-order valence-corrected chi connectivity index (χ4v) is 1.90. The molecule has 21 heavy (non-hydrogen) atoms. The zero-order valence-corrected chi connectivity index (χ0v) is 11.9. The summed E-state index contributed by atoms with van der Waals surface area (Å²) < 4.78 is 15.8. The number of nitrogen functional groups attached to an aromatic ring is 1. The Labute approximate surface area is 123 Å². The van der Waals surface area contributed by atoms with E-state index in [1.54, 1.807) is 37.4 Å². The van der Waals surface area contributed by atoms with Crippen LogP contribution in [0, 0.1) is 11.3 Å². The molecule has 5 nitrogen and oxygen atoms in total. The van der Waals surface area contributed by atoms with Gasteiger partial charge in [0.15, 0.2) is 0 Å². The highest BCUT2D eigenvalue weighted by atomic mass is 16.5. The van der Waals surface area contributed by atoms with Crippen LogP contribution < -0.4 is 19.9 Å². The fourth-order valence-electron chi connectivity index (χ4n) is 1.90. The molecule has 108 valence electrons. The molecule has 0 atom stereocenters. The molecular formula is C16H16N2O3. The summed E-state index contributed by atoms with van der Waals surface area (Å²) in [7, 11) is 3.10. The SMILES string of the molecule is COc1ccc(OCc2ccc(OC)c(C#N)c2)cc1N. The van der Waals surface area contributed by atoms with Crippen LogP contribution >= 0.6 is 0 Å². The lowest BCUT2D eigenvalue weighted by atomic mass is 10.1. The molecule has 0 heterocycles. The number of benzene rings is 2. The van der Waals surface area contributed by atoms with Crippen LogP contribution in [0.1, 0.15) is 11.1 Å². The standard InChI is InChI=1S/C16H16N2O3/c1-19-15-5-3-11(7-12(15)9-17)10-21-13-4-6-16(20-2)14(18)8-13/h3-8H,10,18H2,1-2H3. The zero-order chi connectivity index (χ0) is 15.2. The van der Waals surface area contributed by atoms with Crippen LogP contribution in [0.15, 0.2) is 36.4 Å². The molecule has 0 radical (unpaired) electrons. The van der Waals surface area contributed by atoms with Gasteiger partial charge < -0.3 is 19.9 Å². The average molecular weight is 284 g/mol. The van der Waals surface area contributed by atoms with Gasteiger partial charge in [-0.3, -0.25) is 0 Å². The van der Waals surface area contributed by atoms with E-state index in [0.717, 1.165) is 5.56 Å². The highest BCUT2D eigenvalue weighted by Crippen LogP contribution is 2.27. The molecular weight excluding hydrogens is 268 g/mol. The van der Waals surface area contributed by atoms with Crippen LogP contribution in [0.25, 0.3) is 0 Å². The van der Waals surface area contributed by atoms with Crippen molar-refractivity contribution in [2.75, 3.05) is 20.0 Å². The van der Waals surface area contributed by atoms with E-state index >= 15 is 0 Å². The third-order valence-electron chi connectivity index (χ3n) is 2.99. The van der Waals surface area contributed by atoms with Crippen molar-refractivity contribution < 1.29 is 14.2 Å². The van der Waals surface area contributed by atoms with Gasteiger partial charge in [-0.05, 0) is 29.8 Å². The van der Waals surface area contributed by atoms with Crippen molar-refractivity contribution in [1.29, 1.82) is 5.26 Å². The summed E-state index contributed by atoms with van der Waals surface area (Å²) in [4.78, 5) is 0. The Morgan fingerprint density at radius 2 is 1.76 bits per heavy atom. The van der Waals surface area contributed by atoms with Crippen molar-refractivity contribution in [2.24, 2.45) is 0 Å². The second kappa shape index (κ2) is 6.53. The van der Waals surface area contributed by atoms with Gasteiger partial charge in [0.05, 0.1) is 25.5 Å². The molecule has 2 aromatic carbocycles. The van der Waals surface area contributed by atoms with Crippen molar-refractivity contribution in [1.82, 2.24) is 0 Å². The van der Waals surface area contributed by atoms with Crippen molar-refractivity contribution in [2.45, 2.75) is 6.61 Å². The minimum Gasteiger partial charge on any atom is -0.495 e. The third kappa shape index (κ3) is 3.37. The molecule has 0 aliphatic carbocycles. The van der Waals surface area contributed by atoms with E-state index in [1.807, 2.05) is 6.07 Å². The summed E-state index contributed by atoms with van der Waals surface area (Å²) in [5, 5.41) is 9.05. The zero-order valence-electron chi connectivity index (χ0n) is 11.9. The highest BCUT2D eigenvalue weighted by Gasteiger charge is 2.05. The minimum atomic E-state index is 0.338. The molecule has 0 saturated heterocycles. The average Bonchev–Trinajstić information content (AvgIpc) is 2.52. The van der Waals surface area contributed by atoms with Gasteiger partial charge in [0, 0.05) is 6.07 Å². The Morgan fingerprint density at radius 3 is 2.38 bits per heavy atom. The summed E-state index contributed by atoms with van der Waals surface area (Å²) in [6, 6.07) is 12.7. The number of ether oxygens (including phenoxy) is 3. The number of hydrogen-bond acceptors (Lipinski definition) is 5. The maximum Gasteiger partial charge on any atom is 0.142 e. The quantitative estimate of drug-likeness (QED) is 0.854. The number of nitriles is 1. The Balaban J connectivity index is 2.10. The lowest BCUT2D eigenvalue weighted by Gasteiger charge is -2.10. The molecule has 5 heteroatoms. The van der Waals surface area contributed by atoms with E-state index < -0.39 is 0 Å². The first-order chi connectivity index (χ1) is 10.2. The third-order valence-corrected chi connectivity index (χ3v) is 2.99. The normalized spacial score (nSPS) is 9.76. The van der Waals surface area contributed by atoms with Gasteiger partial charge >= 0.3 is 0 Å². The van der Waals surface area contributed by atoms with Gasteiger partial charge in [-0.15, -0.1) is 0 Å². The molecule has 2 aromatic rings. The molecule has 0 aliphatic rings. The minimum absolute atomic E-state index is 0.338. The van der Waals surface area contributed by atoms with Gasteiger partial charge in [-0.25, -0.2) is 0 Å². The summed E-state index contributed by atoms with van der Waals surface area (Å²) in [6.07, 6.45) is 0. The van der Waals surface area contributed by atoms with Crippen LogP contribution in [0.3, 0.4) is 0 Å². The summed E-state index contributed by atoms with van der Waals surface area (Å²) in [5.74, 6) is 1.80. The molecule has 0 aliphatic heterocycles. The summed E-state index contributed by atoms with van der Waals surface area (Å²) in [5.41, 5.74) is 7.69. The first-order valence-corrected chi connectivity index (χ1v) is 6.31. The number of hydrogen-bond donors (Lipinski definition) is 1. The summed E-state index contributed by atoms with van der Waals surface area (Å²) in [6.45, 7) is 0.338. The first kappa shape index (κ1) is 14.5. The number of nitrogens with zero attached hydrogens (tertiary/aromatic N) is 1. The molecule has 0 unspecified atom stereocenters. The summed E-state index contributed by atoms with van der Waals surface area (Å²) >= 11 is 0. The predicted octanol–water partition coefficient (Wildman–Crippen LogP) is 2.74. The molecule has 0 bridgehead atoms. The number of rotatable bonds is 5. The van der Waals surface area contributed by atoms with Crippen molar-refractivity contribution >= 4 is 5.69 Å². The Hall–Kier alpha value is -2.87. The fraction of sp³-hybridized carbons (Fsp3) is 0.188. The Bertz CT molecular complexity index is 678. The van der Waals surface area contributed by atoms with Crippen LogP contribution in [-0.4, -0.2) is 14.2 Å². The molecule has 0 fully saturated rings. The van der Waals surface area contributed by atoms with E-state index in [4.69, 9.17) is 25.2 Å². The van der Waals surface area contributed by atoms with E-state index in [9.17, 15) is 0 Å². The Morgan fingerprint density at radius 1 is 1.05 bits per heavy atom. The predicted molar refractivity (Wildman–Crippen MR) is 79.4 cm³/mol. The molecule has 2 N–H and O–H groups in total. The van der Waals surface area contributed by atoms with E-state index in [1.165, 1.54) is 7.11 Å². The van der Waals surface area contributed by atoms with E-state index in [-0.39, 0.29) is 0 Å². The van der Waals surface area contributed by atoms with Crippen molar-refractivity contribution in [3.63, 3.8) is 0 Å². The lowest BCUT2D eigenvalue weighted by molar-refractivity contribution is 0.305.